The lowest BCUT2D eigenvalue weighted by molar-refractivity contribution is -0.122. The summed E-state index contributed by atoms with van der Waals surface area (Å²) in [5, 5.41) is 9.23. The lowest BCUT2D eigenvalue weighted by Crippen LogP contribution is -2.51. The van der Waals surface area contributed by atoms with Gasteiger partial charge in [0.2, 0.25) is 0 Å². The molecule has 0 saturated carbocycles. The van der Waals surface area contributed by atoms with E-state index in [-0.39, 0.29) is 17.4 Å². The Bertz CT molecular complexity index is 502. The minimum atomic E-state index is -0.567. The molecule has 6 heteroatoms. The van der Waals surface area contributed by atoms with E-state index in [1.807, 2.05) is 29.7 Å². The smallest absolute Gasteiger partial charge is 0.320 e. The zero-order chi connectivity index (χ0) is 17.6. The van der Waals surface area contributed by atoms with E-state index in [1.54, 1.807) is 31.9 Å². The van der Waals surface area contributed by atoms with E-state index in [2.05, 4.69) is 0 Å². The van der Waals surface area contributed by atoms with Crippen LogP contribution in [0.25, 0.3) is 0 Å². The minimum absolute atomic E-state index is 0.0601. The molecular weight excluding hydrogens is 292 g/mol. The number of ketones is 1. The number of carbonyl (C=O) groups excluding carboxylic acids is 2. The summed E-state index contributed by atoms with van der Waals surface area (Å²) in [6, 6.07) is 2.07. The third-order valence-corrected chi connectivity index (χ3v) is 3.98. The first-order chi connectivity index (χ1) is 10.7. The van der Waals surface area contributed by atoms with Crippen molar-refractivity contribution in [3.63, 3.8) is 0 Å². The average molecular weight is 320 g/mol. The number of piperazine rings is 1. The standard InChI is InChI=1S/C17H28N4O2/c1-6-20(7-2)16(23)21-10-8-19(9-11-21)13-14(12-18)15(22)17(3,4)5/h13H,6-11H2,1-5H3/b14-13+. The second-order valence-corrected chi connectivity index (χ2v) is 6.71. The van der Waals surface area contributed by atoms with E-state index >= 15 is 0 Å². The van der Waals surface area contributed by atoms with Gasteiger partial charge in [0.05, 0.1) is 0 Å². The number of urea groups is 1. The number of hydrogen-bond acceptors (Lipinski definition) is 4. The molecule has 1 aliphatic heterocycles. The molecule has 1 fully saturated rings. The molecule has 0 radical (unpaired) electrons. The number of nitriles is 1. The molecule has 0 aliphatic carbocycles. The molecule has 1 heterocycles. The van der Waals surface area contributed by atoms with Gasteiger partial charge in [-0.1, -0.05) is 20.8 Å². The highest BCUT2D eigenvalue weighted by Gasteiger charge is 2.27. The zero-order valence-electron chi connectivity index (χ0n) is 14.9. The molecular formula is C17H28N4O2. The Hall–Kier alpha value is -2.03. The van der Waals surface area contributed by atoms with Crippen LogP contribution >= 0.6 is 0 Å². The van der Waals surface area contributed by atoms with Gasteiger partial charge in [-0.15, -0.1) is 0 Å². The van der Waals surface area contributed by atoms with Crippen LogP contribution in [-0.2, 0) is 4.79 Å². The molecule has 0 unspecified atom stereocenters. The third-order valence-electron chi connectivity index (χ3n) is 3.98. The van der Waals surface area contributed by atoms with Gasteiger partial charge in [0.15, 0.2) is 5.78 Å². The first kappa shape index (κ1) is 19.0. The molecule has 0 atom stereocenters. The summed E-state index contributed by atoms with van der Waals surface area (Å²) < 4.78 is 0. The van der Waals surface area contributed by atoms with Crippen LogP contribution in [0.5, 0.6) is 0 Å². The molecule has 128 valence electrons. The molecule has 0 aromatic carbocycles. The number of allylic oxidation sites excluding steroid dienone is 1. The number of hydrogen-bond donors (Lipinski definition) is 0. The highest BCUT2D eigenvalue weighted by Crippen LogP contribution is 2.20. The molecule has 6 nitrogen and oxygen atoms in total. The summed E-state index contributed by atoms with van der Waals surface area (Å²) in [5.41, 5.74) is -0.386. The molecule has 0 spiro atoms. The van der Waals surface area contributed by atoms with Crippen LogP contribution in [-0.4, -0.2) is 65.8 Å². The van der Waals surface area contributed by atoms with Crippen LogP contribution in [0, 0.1) is 16.7 Å². The van der Waals surface area contributed by atoms with Crippen LogP contribution in [0.15, 0.2) is 11.8 Å². The Kier molecular flexibility index (Phi) is 6.62. The van der Waals surface area contributed by atoms with Crippen molar-refractivity contribution in [2.75, 3.05) is 39.3 Å². The highest BCUT2D eigenvalue weighted by molar-refractivity contribution is 6.02. The van der Waals surface area contributed by atoms with Gasteiger partial charge < -0.3 is 14.7 Å². The summed E-state index contributed by atoms with van der Waals surface area (Å²) >= 11 is 0. The van der Waals surface area contributed by atoms with E-state index in [4.69, 9.17) is 0 Å². The molecule has 1 aliphatic rings. The van der Waals surface area contributed by atoms with Gasteiger partial charge in [-0.2, -0.15) is 5.26 Å². The van der Waals surface area contributed by atoms with Crippen LogP contribution in [0.4, 0.5) is 4.79 Å². The lowest BCUT2D eigenvalue weighted by atomic mass is 9.87. The van der Waals surface area contributed by atoms with Gasteiger partial charge in [0, 0.05) is 50.9 Å². The molecule has 23 heavy (non-hydrogen) atoms. The van der Waals surface area contributed by atoms with Crippen LogP contribution < -0.4 is 0 Å². The van der Waals surface area contributed by atoms with E-state index in [1.165, 1.54) is 0 Å². The summed E-state index contributed by atoms with van der Waals surface area (Å²) in [7, 11) is 0. The van der Waals surface area contributed by atoms with E-state index < -0.39 is 5.41 Å². The maximum atomic E-state index is 12.3. The predicted molar refractivity (Wildman–Crippen MR) is 89.6 cm³/mol. The van der Waals surface area contributed by atoms with Gasteiger partial charge in [-0.25, -0.2) is 4.79 Å². The third kappa shape index (κ3) is 4.98. The number of nitrogens with zero attached hydrogens (tertiary/aromatic N) is 4. The average Bonchev–Trinajstić information content (AvgIpc) is 2.52. The second-order valence-electron chi connectivity index (χ2n) is 6.71. The van der Waals surface area contributed by atoms with Gasteiger partial charge in [-0.05, 0) is 13.8 Å². The Morgan fingerprint density at radius 3 is 2.04 bits per heavy atom. The summed E-state index contributed by atoms with van der Waals surface area (Å²) in [6.45, 7) is 13.2. The summed E-state index contributed by atoms with van der Waals surface area (Å²) in [5.74, 6) is -0.151. The van der Waals surface area contributed by atoms with Crippen LogP contribution in [0.3, 0.4) is 0 Å². The molecule has 0 bridgehead atoms. The Morgan fingerprint density at radius 2 is 1.65 bits per heavy atom. The number of carbonyl (C=O) groups is 2. The second kappa shape index (κ2) is 8.00. The first-order valence-corrected chi connectivity index (χ1v) is 8.19. The van der Waals surface area contributed by atoms with Crippen molar-refractivity contribution in [1.29, 1.82) is 5.26 Å². The monoisotopic (exact) mass is 320 g/mol. The fraction of sp³-hybridized carbons (Fsp3) is 0.706. The van der Waals surface area contributed by atoms with Crippen molar-refractivity contribution in [2.24, 2.45) is 5.41 Å². The summed E-state index contributed by atoms with van der Waals surface area (Å²) in [6.07, 6.45) is 1.65. The van der Waals surface area contributed by atoms with Crippen LogP contribution in [0.2, 0.25) is 0 Å². The zero-order valence-corrected chi connectivity index (χ0v) is 14.9. The van der Waals surface area contributed by atoms with Gasteiger partial charge in [-0.3, -0.25) is 4.79 Å². The topological polar surface area (TPSA) is 67.7 Å². The molecule has 0 aromatic rings. The molecule has 1 saturated heterocycles. The van der Waals surface area contributed by atoms with E-state index in [9.17, 15) is 14.9 Å². The molecule has 0 aromatic heterocycles. The lowest BCUT2D eigenvalue weighted by Gasteiger charge is -2.36. The first-order valence-electron chi connectivity index (χ1n) is 8.19. The SMILES string of the molecule is CCN(CC)C(=O)N1CCN(/C=C(\C#N)C(=O)C(C)(C)C)CC1. The molecule has 0 N–H and O–H groups in total. The van der Waals surface area contributed by atoms with E-state index in [0.29, 0.717) is 39.3 Å². The van der Waals surface area contributed by atoms with E-state index in [0.717, 1.165) is 0 Å². The van der Waals surface area contributed by atoms with Crippen molar-refractivity contribution in [3.8, 4) is 6.07 Å². The fourth-order valence-corrected chi connectivity index (χ4v) is 2.46. The van der Waals surface area contributed by atoms with Gasteiger partial charge >= 0.3 is 6.03 Å². The number of amides is 2. The Balaban J connectivity index is 2.69. The van der Waals surface area contributed by atoms with Crippen molar-refractivity contribution >= 4 is 11.8 Å². The van der Waals surface area contributed by atoms with Crippen molar-refractivity contribution in [3.05, 3.63) is 11.8 Å². The molecule has 2 amide bonds. The number of Topliss-reactive ketones (excluding diaryl/α,β-unsaturated/α-hetero) is 1. The Morgan fingerprint density at radius 1 is 1.13 bits per heavy atom. The summed E-state index contributed by atoms with van der Waals surface area (Å²) in [4.78, 5) is 30.1. The largest absolute Gasteiger partial charge is 0.373 e. The van der Waals surface area contributed by atoms with Crippen molar-refractivity contribution in [2.45, 2.75) is 34.6 Å². The highest BCUT2D eigenvalue weighted by atomic mass is 16.2. The maximum absolute atomic E-state index is 12.3. The minimum Gasteiger partial charge on any atom is -0.373 e. The Labute approximate surface area is 139 Å². The quantitative estimate of drug-likeness (QED) is 0.587. The molecule has 1 rings (SSSR count). The fourth-order valence-electron chi connectivity index (χ4n) is 2.46. The van der Waals surface area contributed by atoms with Crippen LogP contribution in [0.1, 0.15) is 34.6 Å². The van der Waals surface area contributed by atoms with Crippen molar-refractivity contribution < 1.29 is 9.59 Å². The van der Waals surface area contributed by atoms with Crippen molar-refractivity contribution in [1.82, 2.24) is 14.7 Å². The normalized spacial score (nSPS) is 16.1. The van der Waals surface area contributed by atoms with Gasteiger partial charge in [0.25, 0.3) is 0 Å². The van der Waals surface area contributed by atoms with Gasteiger partial charge in [0.1, 0.15) is 11.6 Å². The predicted octanol–water partition coefficient (Wildman–Crippen LogP) is 2.09. The maximum Gasteiger partial charge on any atom is 0.320 e. The number of rotatable bonds is 4.